The Balaban J connectivity index is 1.89. The van der Waals surface area contributed by atoms with E-state index >= 15 is 0 Å². The Morgan fingerprint density at radius 2 is 1.80 bits per heavy atom. The van der Waals surface area contributed by atoms with Gasteiger partial charge < -0.3 is 9.84 Å². The van der Waals surface area contributed by atoms with Crippen LogP contribution >= 0.6 is 0 Å². The van der Waals surface area contributed by atoms with Crippen molar-refractivity contribution in [2.45, 2.75) is 39.8 Å². The lowest BCUT2D eigenvalue weighted by molar-refractivity contribution is 0.0639. The van der Waals surface area contributed by atoms with Gasteiger partial charge in [0.1, 0.15) is 18.5 Å². The number of para-hydroxylation sites is 1. The topological polar surface area (TPSA) is 32.7 Å². The Morgan fingerprint density at radius 1 is 1.04 bits per heavy atom. The highest BCUT2D eigenvalue weighted by Gasteiger charge is 2.14. The maximum absolute atomic E-state index is 10.4. The molecule has 3 heteroatoms. The normalized spacial score (nSPS) is 12.6. The van der Waals surface area contributed by atoms with E-state index < -0.39 is 6.10 Å². The second-order valence-electron chi connectivity index (χ2n) is 7.18. The van der Waals surface area contributed by atoms with Gasteiger partial charge in [0.15, 0.2) is 0 Å². The highest BCUT2D eigenvalue weighted by atomic mass is 16.5. The molecule has 2 aromatic carbocycles. The molecule has 0 spiro atoms. The van der Waals surface area contributed by atoms with Gasteiger partial charge in [0.25, 0.3) is 0 Å². The smallest absolute Gasteiger partial charge is 0.119 e. The van der Waals surface area contributed by atoms with Gasteiger partial charge in [-0.05, 0) is 43.5 Å². The van der Waals surface area contributed by atoms with E-state index in [1.165, 1.54) is 11.1 Å². The fourth-order valence-corrected chi connectivity index (χ4v) is 2.80. The molecule has 2 rings (SSSR count). The first kappa shape index (κ1) is 19.5. The molecule has 0 aromatic heterocycles. The Hall–Kier alpha value is -1.84. The number of nitrogens with zero attached hydrogens (tertiary/aromatic N) is 1. The molecular weight excluding hydrogens is 310 g/mol. The third-order valence-electron chi connectivity index (χ3n) is 4.17. The summed E-state index contributed by atoms with van der Waals surface area (Å²) in [6, 6.07) is 18.2. The molecular formula is C22H31NO2. The van der Waals surface area contributed by atoms with Crippen LogP contribution in [0.2, 0.25) is 0 Å². The standard InChI is InChI=1S/C22H31NO2/c1-18(2)12-13-23(15-20-9-7-8-19(3)14-20)16-21(24)17-25-22-10-5-4-6-11-22/h4-11,14,18,21,24H,12-13,15-17H2,1-3H3. The summed E-state index contributed by atoms with van der Waals surface area (Å²) in [6.07, 6.45) is 0.620. The van der Waals surface area contributed by atoms with Gasteiger partial charge in [0.05, 0.1) is 0 Å². The van der Waals surface area contributed by atoms with Crippen molar-refractivity contribution in [3.8, 4) is 5.75 Å². The molecule has 3 nitrogen and oxygen atoms in total. The van der Waals surface area contributed by atoms with Gasteiger partial charge >= 0.3 is 0 Å². The number of aryl methyl sites for hydroxylation is 1. The molecule has 0 aliphatic carbocycles. The summed E-state index contributed by atoms with van der Waals surface area (Å²) < 4.78 is 5.69. The highest BCUT2D eigenvalue weighted by Crippen LogP contribution is 2.12. The zero-order valence-electron chi connectivity index (χ0n) is 15.7. The minimum absolute atomic E-state index is 0.315. The quantitative estimate of drug-likeness (QED) is 0.700. The molecule has 0 aliphatic heterocycles. The highest BCUT2D eigenvalue weighted by molar-refractivity contribution is 5.22. The van der Waals surface area contributed by atoms with E-state index in [1.54, 1.807) is 0 Å². The van der Waals surface area contributed by atoms with Crippen molar-refractivity contribution in [1.29, 1.82) is 0 Å². The zero-order chi connectivity index (χ0) is 18.1. The van der Waals surface area contributed by atoms with E-state index in [9.17, 15) is 5.11 Å². The lowest BCUT2D eigenvalue weighted by Crippen LogP contribution is -2.36. The predicted molar refractivity (Wildman–Crippen MR) is 104 cm³/mol. The van der Waals surface area contributed by atoms with Crippen molar-refractivity contribution in [3.05, 3.63) is 65.7 Å². The van der Waals surface area contributed by atoms with Crippen LogP contribution in [0.5, 0.6) is 5.75 Å². The number of ether oxygens (including phenoxy) is 1. The maximum atomic E-state index is 10.4. The van der Waals surface area contributed by atoms with Crippen molar-refractivity contribution in [1.82, 2.24) is 4.90 Å². The SMILES string of the molecule is Cc1cccc(CN(CCC(C)C)CC(O)COc2ccccc2)c1. The van der Waals surface area contributed by atoms with E-state index in [-0.39, 0.29) is 0 Å². The van der Waals surface area contributed by atoms with E-state index in [1.807, 2.05) is 30.3 Å². The maximum Gasteiger partial charge on any atom is 0.119 e. The fourth-order valence-electron chi connectivity index (χ4n) is 2.80. The van der Waals surface area contributed by atoms with Crippen LogP contribution in [-0.4, -0.2) is 35.8 Å². The first-order valence-corrected chi connectivity index (χ1v) is 9.16. The molecule has 0 heterocycles. The number of aliphatic hydroxyl groups is 1. The van der Waals surface area contributed by atoms with Crippen molar-refractivity contribution in [2.75, 3.05) is 19.7 Å². The molecule has 1 unspecified atom stereocenters. The molecule has 0 saturated carbocycles. The Kier molecular flexibility index (Phi) is 7.96. The molecule has 25 heavy (non-hydrogen) atoms. The van der Waals surface area contributed by atoms with Crippen LogP contribution in [0.4, 0.5) is 0 Å². The summed E-state index contributed by atoms with van der Waals surface area (Å²) in [6.45, 7) is 9.36. The zero-order valence-corrected chi connectivity index (χ0v) is 15.7. The second kappa shape index (κ2) is 10.2. The second-order valence-corrected chi connectivity index (χ2v) is 7.18. The van der Waals surface area contributed by atoms with Crippen molar-refractivity contribution < 1.29 is 9.84 Å². The predicted octanol–water partition coefficient (Wildman–Crippen LogP) is 4.28. The molecule has 0 saturated heterocycles. The summed E-state index contributed by atoms with van der Waals surface area (Å²) >= 11 is 0. The summed E-state index contributed by atoms with van der Waals surface area (Å²) in [4.78, 5) is 2.33. The monoisotopic (exact) mass is 341 g/mol. The van der Waals surface area contributed by atoms with Gasteiger partial charge in [-0.2, -0.15) is 0 Å². The van der Waals surface area contributed by atoms with Crippen LogP contribution in [0.25, 0.3) is 0 Å². The van der Waals surface area contributed by atoms with E-state index in [2.05, 4.69) is 49.9 Å². The van der Waals surface area contributed by atoms with Gasteiger partial charge in [-0.3, -0.25) is 4.90 Å². The molecule has 0 amide bonds. The summed E-state index contributed by atoms with van der Waals surface area (Å²) in [5, 5.41) is 10.4. The molecule has 136 valence electrons. The summed E-state index contributed by atoms with van der Waals surface area (Å²) in [5.41, 5.74) is 2.56. The molecule has 0 aliphatic rings. The molecule has 0 radical (unpaired) electrons. The van der Waals surface area contributed by atoms with E-state index in [0.717, 1.165) is 25.3 Å². The minimum Gasteiger partial charge on any atom is -0.491 e. The lowest BCUT2D eigenvalue weighted by atomic mass is 10.1. The van der Waals surface area contributed by atoms with Crippen LogP contribution in [0.1, 0.15) is 31.4 Å². The van der Waals surface area contributed by atoms with Crippen LogP contribution in [0.15, 0.2) is 54.6 Å². The number of hydrogen-bond acceptors (Lipinski definition) is 3. The Morgan fingerprint density at radius 3 is 2.48 bits per heavy atom. The van der Waals surface area contributed by atoms with E-state index in [0.29, 0.717) is 19.1 Å². The first-order valence-electron chi connectivity index (χ1n) is 9.16. The third kappa shape index (κ3) is 7.72. The third-order valence-corrected chi connectivity index (χ3v) is 4.17. The number of rotatable bonds is 10. The van der Waals surface area contributed by atoms with Crippen LogP contribution < -0.4 is 4.74 Å². The molecule has 0 fully saturated rings. The minimum atomic E-state index is -0.503. The molecule has 2 aromatic rings. The van der Waals surface area contributed by atoms with Gasteiger partial charge in [-0.25, -0.2) is 0 Å². The fraction of sp³-hybridized carbons (Fsp3) is 0.455. The van der Waals surface area contributed by atoms with Gasteiger partial charge in [-0.15, -0.1) is 0 Å². The van der Waals surface area contributed by atoms with Crippen molar-refractivity contribution in [3.63, 3.8) is 0 Å². The van der Waals surface area contributed by atoms with Gasteiger partial charge in [0, 0.05) is 13.1 Å². The van der Waals surface area contributed by atoms with Crippen LogP contribution in [0, 0.1) is 12.8 Å². The molecule has 1 N–H and O–H groups in total. The molecule has 0 bridgehead atoms. The van der Waals surface area contributed by atoms with Gasteiger partial charge in [0.2, 0.25) is 0 Å². The number of aliphatic hydroxyl groups excluding tert-OH is 1. The van der Waals surface area contributed by atoms with Crippen molar-refractivity contribution in [2.24, 2.45) is 5.92 Å². The average Bonchev–Trinajstić information content (AvgIpc) is 2.59. The number of hydrogen-bond donors (Lipinski definition) is 1. The Bertz CT molecular complexity index is 612. The lowest BCUT2D eigenvalue weighted by Gasteiger charge is -2.26. The van der Waals surface area contributed by atoms with Crippen LogP contribution in [-0.2, 0) is 6.54 Å². The first-order chi connectivity index (χ1) is 12.0. The summed E-state index contributed by atoms with van der Waals surface area (Å²) in [7, 11) is 0. The van der Waals surface area contributed by atoms with Gasteiger partial charge in [-0.1, -0.05) is 61.9 Å². The summed E-state index contributed by atoms with van der Waals surface area (Å²) in [5.74, 6) is 1.45. The van der Waals surface area contributed by atoms with E-state index in [4.69, 9.17) is 4.74 Å². The average molecular weight is 341 g/mol. The van der Waals surface area contributed by atoms with Crippen LogP contribution in [0.3, 0.4) is 0 Å². The van der Waals surface area contributed by atoms with Crippen molar-refractivity contribution >= 4 is 0 Å². The largest absolute Gasteiger partial charge is 0.491 e. The Labute approximate surface area is 152 Å². The molecule has 1 atom stereocenters. The number of benzene rings is 2.